The largest absolute Gasteiger partial charge is 0.377 e. The molecular weight excluding hydrogens is 293 g/mol. The first kappa shape index (κ1) is 15.9. The lowest BCUT2D eigenvalue weighted by Gasteiger charge is -2.14. The average Bonchev–Trinajstić information content (AvgIpc) is 2.37. The van der Waals surface area contributed by atoms with Crippen LogP contribution in [0.3, 0.4) is 0 Å². The summed E-state index contributed by atoms with van der Waals surface area (Å²) in [5, 5.41) is 0.884. The second-order valence-electron chi connectivity index (χ2n) is 3.73. The van der Waals surface area contributed by atoms with E-state index in [1.165, 1.54) is 0 Å². The maximum atomic E-state index is 12.0. The quantitative estimate of drug-likeness (QED) is 0.842. The highest BCUT2D eigenvalue weighted by Crippen LogP contribution is 2.24. The van der Waals surface area contributed by atoms with Crippen molar-refractivity contribution in [2.45, 2.75) is 24.3 Å². The molecular formula is C12H17Cl2NO2S. The standard InChI is InChI=1S/C12H17Cl2NO2S/c1-2-17-9(8-15)5-6-18(16)10-3-4-11(13)12(14)7-10/h3-4,7,9H,2,5-6,8,15H2,1H3. The third kappa shape index (κ3) is 4.86. The topological polar surface area (TPSA) is 52.3 Å². The molecule has 0 radical (unpaired) electrons. The second-order valence-corrected chi connectivity index (χ2v) is 6.11. The fourth-order valence-corrected chi connectivity index (χ4v) is 3.02. The van der Waals surface area contributed by atoms with Crippen LogP contribution in [0.1, 0.15) is 13.3 Å². The van der Waals surface area contributed by atoms with E-state index in [1.807, 2.05) is 6.92 Å². The third-order valence-corrected chi connectivity index (χ3v) is 4.57. The fraction of sp³-hybridized carbons (Fsp3) is 0.500. The van der Waals surface area contributed by atoms with E-state index in [0.29, 0.717) is 40.3 Å². The van der Waals surface area contributed by atoms with E-state index in [-0.39, 0.29) is 6.10 Å². The summed E-state index contributed by atoms with van der Waals surface area (Å²) in [6.07, 6.45) is 0.624. The van der Waals surface area contributed by atoms with Gasteiger partial charge < -0.3 is 10.5 Å². The zero-order chi connectivity index (χ0) is 13.5. The van der Waals surface area contributed by atoms with Gasteiger partial charge in [0.1, 0.15) is 0 Å². The van der Waals surface area contributed by atoms with Crippen molar-refractivity contribution >= 4 is 34.0 Å². The number of nitrogens with two attached hydrogens (primary N) is 1. The fourth-order valence-electron chi connectivity index (χ4n) is 1.48. The van der Waals surface area contributed by atoms with Gasteiger partial charge >= 0.3 is 0 Å². The highest BCUT2D eigenvalue weighted by atomic mass is 35.5. The molecule has 1 aromatic rings. The highest BCUT2D eigenvalue weighted by molar-refractivity contribution is 7.85. The van der Waals surface area contributed by atoms with Gasteiger partial charge in [0, 0.05) is 23.8 Å². The molecule has 0 aliphatic carbocycles. The normalized spacial score (nSPS) is 14.4. The molecule has 0 aromatic heterocycles. The van der Waals surface area contributed by atoms with Gasteiger partial charge in [0.25, 0.3) is 0 Å². The Bertz CT molecular complexity index is 415. The molecule has 2 N–H and O–H groups in total. The molecule has 0 amide bonds. The highest BCUT2D eigenvalue weighted by Gasteiger charge is 2.11. The van der Waals surface area contributed by atoms with Crippen LogP contribution < -0.4 is 5.73 Å². The Balaban J connectivity index is 2.57. The van der Waals surface area contributed by atoms with Crippen LogP contribution in [0.2, 0.25) is 10.0 Å². The molecule has 102 valence electrons. The summed E-state index contributed by atoms with van der Waals surface area (Å²) in [5.41, 5.74) is 5.57. The Morgan fingerprint density at radius 2 is 2.11 bits per heavy atom. The van der Waals surface area contributed by atoms with E-state index in [4.69, 9.17) is 33.7 Å². The SMILES string of the molecule is CCOC(CN)CCS(=O)c1ccc(Cl)c(Cl)c1. The first-order chi connectivity index (χ1) is 8.58. The third-order valence-electron chi connectivity index (χ3n) is 2.44. The van der Waals surface area contributed by atoms with Crippen molar-refractivity contribution in [1.82, 2.24) is 0 Å². The Hall–Kier alpha value is -0.130. The van der Waals surface area contributed by atoms with Crippen molar-refractivity contribution in [3.05, 3.63) is 28.2 Å². The van der Waals surface area contributed by atoms with Gasteiger partial charge in [0.05, 0.1) is 26.9 Å². The molecule has 0 aliphatic heterocycles. The van der Waals surface area contributed by atoms with Crippen molar-refractivity contribution < 1.29 is 8.95 Å². The zero-order valence-corrected chi connectivity index (χ0v) is 12.5. The first-order valence-electron chi connectivity index (χ1n) is 5.73. The summed E-state index contributed by atoms with van der Waals surface area (Å²) >= 11 is 11.7. The lowest BCUT2D eigenvalue weighted by Crippen LogP contribution is -2.25. The van der Waals surface area contributed by atoms with Gasteiger partial charge in [-0.15, -0.1) is 0 Å². The number of ether oxygens (including phenoxy) is 1. The molecule has 1 rings (SSSR count). The summed E-state index contributed by atoms with van der Waals surface area (Å²) in [4.78, 5) is 0.677. The summed E-state index contributed by atoms with van der Waals surface area (Å²) in [7, 11) is -1.11. The monoisotopic (exact) mass is 309 g/mol. The van der Waals surface area contributed by atoms with Gasteiger partial charge in [-0.2, -0.15) is 0 Å². The summed E-state index contributed by atoms with van der Waals surface area (Å²) in [6.45, 7) is 2.96. The predicted octanol–water partition coefficient (Wildman–Crippen LogP) is 2.85. The molecule has 0 spiro atoms. The van der Waals surface area contributed by atoms with Crippen LogP contribution in [0, 0.1) is 0 Å². The molecule has 3 nitrogen and oxygen atoms in total. The molecule has 1 aromatic carbocycles. The van der Waals surface area contributed by atoms with Crippen LogP contribution in [-0.4, -0.2) is 29.2 Å². The maximum Gasteiger partial charge on any atom is 0.0706 e. The van der Waals surface area contributed by atoms with Crippen LogP contribution >= 0.6 is 23.2 Å². The van der Waals surface area contributed by atoms with E-state index in [0.717, 1.165) is 0 Å². The summed E-state index contributed by atoms with van der Waals surface area (Å²) in [5.74, 6) is 0.500. The van der Waals surface area contributed by atoms with Crippen molar-refractivity contribution in [1.29, 1.82) is 0 Å². The summed E-state index contributed by atoms with van der Waals surface area (Å²) in [6, 6.07) is 5.01. The Labute approximate surface area is 120 Å². The molecule has 0 fully saturated rings. The molecule has 0 aliphatic rings. The second kappa shape index (κ2) is 8.12. The van der Waals surface area contributed by atoms with Crippen LogP contribution in [0.25, 0.3) is 0 Å². The van der Waals surface area contributed by atoms with Crippen molar-refractivity contribution in [3.8, 4) is 0 Å². The summed E-state index contributed by atoms with van der Waals surface area (Å²) < 4.78 is 17.5. The molecule has 0 saturated carbocycles. The van der Waals surface area contributed by atoms with Crippen molar-refractivity contribution in [3.63, 3.8) is 0 Å². The van der Waals surface area contributed by atoms with Gasteiger partial charge in [-0.3, -0.25) is 4.21 Å². The minimum Gasteiger partial charge on any atom is -0.377 e. The Morgan fingerprint density at radius 3 is 2.67 bits per heavy atom. The van der Waals surface area contributed by atoms with Gasteiger partial charge in [0.15, 0.2) is 0 Å². The van der Waals surface area contributed by atoms with Crippen LogP contribution in [-0.2, 0) is 15.5 Å². The Kier molecular flexibility index (Phi) is 7.19. The number of rotatable bonds is 7. The predicted molar refractivity (Wildman–Crippen MR) is 76.8 cm³/mol. The zero-order valence-electron chi connectivity index (χ0n) is 10.2. The lowest BCUT2D eigenvalue weighted by molar-refractivity contribution is 0.0672. The van der Waals surface area contributed by atoms with Crippen LogP contribution in [0.4, 0.5) is 0 Å². The average molecular weight is 310 g/mol. The molecule has 6 heteroatoms. The molecule has 0 saturated heterocycles. The molecule has 2 atom stereocenters. The number of hydrogen-bond donors (Lipinski definition) is 1. The maximum absolute atomic E-state index is 12.0. The van der Waals surface area contributed by atoms with Gasteiger partial charge in [-0.25, -0.2) is 0 Å². The van der Waals surface area contributed by atoms with E-state index in [2.05, 4.69) is 0 Å². The first-order valence-corrected chi connectivity index (χ1v) is 7.81. The van der Waals surface area contributed by atoms with E-state index in [9.17, 15) is 4.21 Å². The molecule has 0 bridgehead atoms. The molecule has 0 heterocycles. The smallest absolute Gasteiger partial charge is 0.0706 e. The van der Waals surface area contributed by atoms with E-state index >= 15 is 0 Å². The van der Waals surface area contributed by atoms with Gasteiger partial charge in [-0.1, -0.05) is 23.2 Å². The molecule has 18 heavy (non-hydrogen) atoms. The molecule has 2 unspecified atom stereocenters. The van der Waals surface area contributed by atoms with E-state index < -0.39 is 10.8 Å². The van der Waals surface area contributed by atoms with Crippen LogP contribution in [0.15, 0.2) is 23.1 Å². The number of benzene rings is 1. The van der Waals surface area contributed by atoms with E-state index in [1.54, 1.807) is 18.2 Å². The van der Waals surface area contributed by atoms with Gasteiger partial charge in [-0.05, 0) is 31.5 Å². The van der Waals surface area contributed by atoms with Crippen LogP contribution in [0.5, 0.6) is 0 Å². The minimum atomic E-state index is -1.11. The Morgan fingerprint density at radius 1 is 1.39 bits per heavy atom. The lowest BCUT2D eigenvalue weighted by atomic mass is 10.3. The van der Waals surface area contributed by atoms with Crippen molar-refractivity contribution in [2.24, 2.45) is 5.73 Å². The van der Waals surface area contributed by atoms with Gasteiger partial charge in [0.2, 0.25) is 0 Å². The number of halogens is 2. The number of hydrogen-bond acceptors (Lipinski definition) is 3. The van der Waals surface area contributed by atoms with Crippen molar-refractivity contribution in [2.75, 3.05) is 18.9 Å². The minimum absolute atomic E-state index is 0.0401.